The van der Waals surface area contributed by atoms with Gasteiger partial charge in [0.15, 0.2) is 0 Å². The Bertz CT molecular complexity index is 410. The molecule has 1 aromatic carbocycles. The van der Waals surface area contributed by atoms with E-state index < -0.39 is 5.97 Å². The highest BCUT2D eigenvalue weighted by molar-refractivity contribution is 5.80. The monoisotopic (exact) mass is 236 g/mol. The fraction of sp³-hybridized carbons (Fsp3) is 0.308. The topological polar surface area (TPSA) is 55.8 Å². The second-order valence-electron chi connectivity index (χ2n) is 3.70. The van der Waals surface area contributed by atoms with E-state index in [1.165, 1.54) is 0 Å². The first kappa shape index (κ1) is 13.3. The molecule has 4 heteroatoms. The van der Waals surface area contributed by atoms with Gasteiger partial charge in [-0.15, -0.1) is 0 Å². The molecule has 0 atom stereocenters. The van der Waals surface area contributed by atoms with Crippen LogP contribution in [0.2, 0.25) is 0 Å². The molecule has 1 rings (SSSR count). The third-order valence-corrected chi connectivity index (χ3v) is 2.05. The van der Waals surface area contributed by atoms with Gasteiger partial charge in [0.2, 0.25) is 0 Å². The molecule has 0 aromatic heterocycles. The van der Waals surface area contributed by atoms with E-state index in [2.05, 4.69) is 0 Å². The molecule has 0 heterocycles. The summed E-state index contributed by atoms with van der Waals surface area (Å²) in [5, 5.41) is 8.55. The Morgan fingerprint density at radius 3 is 2.88 bits per heavy atom. The molecule has 92 valence electrons. The normalized spacial score (nSPS) is 11.3. The van der Waals surface area contributed by atoms with Gasteiger partial charge in [-0.3, -0.25) is 0 Å². The lowest BCUT2D eigenvalue weighted by molar-refractivity contribution is -0.131. The van der Waals surface area contributed by atoms with E-state index in [1.54, 1.807) is 14.0 Å². The number of carbonyl (C=O) groups is 1. The van der Waals surface area contributed by atoms with Gasteiger partial charge in [-0.05, 0) is 30.2 Å². The second kappa shape index (κ2) is 6.70. The van der Waals surface area contributed by atoms with E-state index in [0.29, 0.717) is 17.9 Å². The molecule has 0 unspecified atom stereocenters. The van der Waals surface area contributed by atoms with E-state index in [1.807, 2.05) is 24.3 Å². The standard InChI is InChI=1S/C13H16O4/c1-10(6-13(14)15)8-17-12-5-3-4-11(7-12)9-16-2/h3-7H,8-9H2,1-2H3,(H,14,15). The van der Waals surface area contributed by atoms with E-state index in [4.69, 9.17) is 14.6 Å². The van der Waals surface area contributed by atoms with Crippen LogP contribution in [0.3, 0.4) is 0 Å². The average molecular weight is 236 g/mol. The van der Waals surface area contributed by atoms with Crippen LogP contribution in [0.15, 0.2) is 35.9 Å². The maximum atomic E-state index is 10.4. The molecule has 1 aromatic rings. The van der Waals surface area contributed by atoms with Gasteiger partial charge in [0.05, 0.1) is 6.61 Å². The number of aliphatic carboxylic acids is 1. The summed E-state index contributed by atoms with van der Waals surface area (Å²) in [4.78, 5) is 10.4. The molecule has 4 nitrogen and oxygen atoms in total. The van der Waals surface area contributed by atoms with Crippen LogP contribution >= 0.6 is 0 Å². The molecule has 0 aliphatic heterocycles. The van der Waals surface area contributed by atoms with Crippen LogP contribution in [0.1, 0.15) is 12.5 Å². The van der Waals surface area contributed by atoms with Gasteiger partial charge in [-0.25, -0.2) is 4.79 Å². The molecule has 0 saturated carbocycles. The summed E-state index contributed by atoms with van der Waals surface area (Å²) < 4.78 is 10.5. The lowest BCUT2D eigenvalue weighted by Crippen LogP contribution is -2.01. The predicted molar refractivity (Wildman–Crippen MR) is 64.0 cm³/mol. The number of methoxy groups -OCH3 is 1. The zero-order valence-corrected chi connectivity index (χ0v) is 9.97. The Hall–Kier alpha value is -1.81. The van der Waals surface area contributed by atoms with E-state index in [-0.39, 0.29) is 6.61 Å². The van der Waals surface area contributed by atoms with Crippen LogP contribution < -0.4 is 4.74 Å². The molecule has 0 aliphatic carbocycles. The Labute approximate surface area is 100 Å². The van der Waals surface area contributed by atoms with Crippen molar-refractivity contribution in [2.24, 2.45) is 0 Å². The Morgan fingerprint density at radius 1 is 1.47 bits per heavy atom. The third-order valence-electron chi connectivity index (χ3n) is 2.05. The summed E-state index contributed by atoms with van der Waals surface area (Å²) in [7, 11) is 1.63. The van der Waals surface area contributed by atoms with Gasteiger partial charge < -0.3 is 14.6 Å². The lowest BCUT2D eigenvalue weighted by Gasteiger charge is -2.07. The molecule has 0 aliphatic rings. The number of ether oxygens (including phenoxy) is 2. The van der Waals surface area contributed by atoms with Crippen molar-refractivity contribution in [2.75, 3.05) is 13.7 Å². The summed E-state index contributed by atoms with van der Waals surface area (Å²) in [6, 6.07) is 7.51. The fourth-order valence-corrected chi connectivity index (χ4v) is 1.34. The minimum absolute atomic E-state index is 0.267. The quantitative estimate of drug-likeness (QED) is 0.769. The van der Waals surface area contributed by atoms with Crippen LogP contribution in [-0.2, 0) is 16.1 Å². The minimum atomic E-state index is -0.959. The van der Waals surface area contributed by atoms with Crippen LogP contribution in [0.4, 0.5) is 0 Å². The van der Waals surface area contributed by atoms with Crippen molar-refractivity contribution in [3.63, 3.8) is 0 Å². The van der Waals surface area contributed by atoms with Crippen LogP contribution in [0.25, 0.3) is 0 Å². The molecule has 0 radical (unpaired) electrons. The van der Waals surface area contributed by atoms with E-state index >= 15 is 0 Å². The smallest absolute Gasteiger partial charge is 0.328 e. The van der Waals surface area contributed by atoms with E-state index in [0.717, 1.165) is 11.6 Å². The number of benzene rings is 1. The minimum Gasteiger partial charge on any atom is -0.489 e. The molecule has 0 bridgehead atoms. The maximum Gasteiger partial charge on any atom is 0.328 e. The van der Waals surface area contributed by atoms with Crippen molar-refractivity contribution >= 4 is 5.97 Å². The molecule has 0 fully saturated rings. The van der Waals surface area contributed by atoms with Crippen LogP contribution in [-0.4, -0.2) is 24.8 Å². The van der Waals surface area contributed by atoms with Gasteiger partial charge >= 0.3 is 5.97 Å². The number of rotatable bonds is 6. The fourth-order valence-electron chi connectivity index (χ4n) is 1.34. The predicted octanol–water partition coefficient (Wildman–Crippen LogP) is 2.24. The Kier molecular flexibility index (Phi) is 5.23. The van der Waals surface area contributed by atoms with Crippen molar-refractivity contribution in [2.45, 2.75) is 13.5 Å². The second-order valence-corrected chi connectivity index (χ2v) is 3.70. The van der Waals surface area contributed by atoms with Gasteiger partial charge in [0.1, 0.15) is 12.4 Å². The van der Waals surface area contributed by atoms with E-state index in [9.17, 15) is 4.79 Å². The van der Waals surface area contributed by atoms with Crippen molar-refractivity contribution in [1.82, 2.24) is 0 Å². The average Bonchev–Trinajstić information content (AvgIpc) is 2.26. The number of carboxylic acid groups (broad SMARTS) is 1. The first-order chi connectivity index (χ1) is 8.11. The van der Waals surface area contributed by atoms with Gasteiger partial charge in [-0.2, -0.15) is 0 Å². The molecular formula is C13H16O4. The molecule has 1 N–H and O–H groups in total. The first-order valence-corrected chi connectivity index (χ1v) is 5.22. The molecule has 0 amide bonds. The summed E-state index contributed by atoms with van der Waals surface area (Å²) in [5.41, 5.74) is 1.68. The number of hydrogen-bond acceptors (Lipinski definition) is 3. The highest BCUT2D eigenvalue weighted by Crippen LogP contribution is 2.14. The van der Waals surface area contributed by atoms with Crippen molar-refractivity contribution < 1.29 is 19.4 Å². The Balaban J connectivity index is 2.57. The largest absolute Gasteiger partial charge is 0.489 e. The molecule has 17 heavy (non-hydrogen) atoms. The molecule has 0 spiro atoms. The third kappa shape index (κ3) is 5.17. The van der Waals surface area contributed by atoms with Crippen molar-refractivity contribution in [1.29, 1.82) is 0 Å². The van der Waals surface area contributed by atoms with Crippen LogP contribution in [0, 0.1) is 0 Å². The van der Waals surface area contributed by atoms with Crippen LogP contribution in [0.5, 0.6) is 5.75 Å². The summed E-state index contributed by atoms with van der Waals surface area (Å²) in [5.74, 6) is -0.253. The van der Waals surface area contributed by atoms with Crippen molar-refractivity contribution in [3.05, 3.63) is 41.5 Å². The zero-order valence-electron chi connectivity index (χ0n) is 9.97. The zero-order chi connectivity index (χ0) is 12.7. The van der Waals surface area contributed by atoms with Gasteiger partial charge in [-0.1, -0.05) is 12.1 Å². The summed E-state index contributed by atoms with van der Waals surface area (Å²) in [6.45, 7) is 2.51. The number of hydrogen-bond donors (Lipinski definition) is 1. The highest BCUT2D eigenvalue weighted by atomic mass is 16.5. The summed E-state index contributed by atoms with van der Waals surface area (Å²) in [6.07, 6.45) is 1.14. The molecular weight excluding hydrogens is 220 g/mol. The number of carboxylic acids is 1. The van der Waals surface area contributed by atoms with Gasteiger partial charge in [0.25, 0.3) is 0 Å². The lowest BCUT2D eigenvalue weighted by atomic mass is 10.2. The highest BCUT2D eigenvalue weighted by Gasteiger charge is 1.99. The maximum absolute atomic E-state index is 10.4. The van der Waals surface area contributed by atoms with Gasteiger partial charge in [0, 0.05) is 13.2 Å². The Morgan fingerprint density at radius 2 is 2.24 bits per heavy atom. The molecule has 0 saturated heterocycles. The van der Waals surface area contributed by atoms with Crippen molar-refractivity contribution in [3.8, 4) is 5.75 Å². The first-order valence-electron chi connectivity index (χ1n) is 5.22. The summed E-state index contributed by atoms with van der Waals surface area (Å²) >= 11 is 0. The SMILES string of the molecule is COCc1cccc(OCC(C)=CC(=O)O)c1.